The summed E-state index contributed by atoms with van der Waals surface area (Å²) < 4.78 is 34.0. The van der Waals surface area contributed by atoms with Crippen LogP contribution in [0.5, 0.6) is 5.75 Å². The fraction of sp³-hybridized carbons (Fsp3) is 0.240. The predicted octanol–water partition coefficient (Wildman–Crippen LogP) is 3.06. The Morgan fingerprint density at radius 2 is 1.82 bits per heavy atom. The number of hydrogen-bond acceptors (Lipinski definition) is 6. The van der Waals surface area contributed by atoms with Crippen LogP contribution in [-0.2, 0) is 16.6 Å². The molecule has 2 aliphatic rings. The van der Waals surface area contributed by atoms with Gasteiger partial charge in [-0.05, 0) is 47.7 Å². The van der Waals surface area contributed by atoms with Crippen molar-refractivity contribution in [2.24, 2.45) is 0 Å². The van der Waals surface area contributed by atoms with Crippen molar-refractivity contribution in [2.45, 2.75) is 23.8 Å². The smallest absolute Gasteiger partial charge is 0.280 e. The van der Waals surface area contributed by atoms with Crippen molar-refractivity contribution in [2.75, 3.05) is 20.2 Å². The largest absolute Gasteiger partial charge is 0.495 e. The number of methoxy groups -OCH3 is 1. The lowest BCUT2D eigenvalue weighted by molar-refractivity contribution is 0.0640. The van der Waals surface area contributed by atoms with Gasteiger partial charge in [-0.25, -0.2) is 8.42 Å². The summed E-state index contributed by atoms with van der Waals surface area (Å²) in [6.07, 6.45) is 2.19. The molecule has 3 heterocycles. The molecular weight excluding hydrogens is 454 g/mol. The minimum Gasteiger partial charge on any atom is -0.495 e. The van der Waals surface area contributed by atoms with Gasteiger partial charge in [-0.2, -0.15) is 4.31 Å². The molecule has 1 fully saturated rings. The van der Waals surface area contributed by atoms with Crippen molar-refractivity contribution in [3.8, 4) is 5.75 Å². The van der Waals surface area contributed by atoms with Gasteiger partial charge in [0.1, 0.15) is 16.3 Å². The Hall–Kier alpha value is -3.56. The number of pyridine rings is 1. The summed E-state index contributed by atoms with van der Waals surface area (Å²) in [6, 6.07) is 17.7. The summed E-state index contributed by atoms with van der Waals surface area (Å²) in [6.45, 7) is 0.719. The number of sulfonamides is 1. The number of fused-ring (bicyclic) bond motifs is 1. The highest BCUT2D eigenvalue weighted by Gasteiger charge is 2.38. The lowest BCUT2D eigenvalue weighted by atomic mass is 9.99. The molecule has 3 aromatic rings. The van der Waals surface area contributed by atoms with E-state index in [0.29, 0.717) is 18.7 Å². The number of benzene rings is 2. The monoisotopic (exact) mass is 477 g/mol. The summed E-state index contributed by atoms with van der Waals surface area (Å²) in [4.78, 5) is 30.5. The Kier molecular flexibility index (Phi) is 5.66. The Morgan fingerprint density at radius 3 is 2.56 bits per heavy atom. The normalized spacial score (nSPS) is 18.4. The van der Waals surface area contributed by atoms with E-state index in [-0.39, 0.29) is 34.4 Å². The molecule has 0 aliphatic carbocycles. The molecule has 0 spiro atoms. The zero-order chi connectivity index (χ0) is 23.9. The SMILES string of the molecule is COc1ccc(CN2C(=O)c3cccnc3C2=O)cc1S(=O)(=O)N1CCC(c2ccccc2)C1. The minimum absolute atomic E-state index is 0.0240. The van der Waals surface area contributed by atoms with Gasteiger partial charge in [0, 0.05) is 19.3 Å². The van der Waals surface area contributed by atoms with Crippen LogP contribution in [0, 0.1) is 0 Å². The van der Waals surface area contributed by atoms with Gasteiger partial charge in [-0.3, -0.25) is 19.5 Å². The van der Waals surface area contributed by atoms with Crippen molar-refractivity contribution in [3.05, 3.63) is 89.2 Å². The van der Waals surface area contributed by atoms with E-state index in [2.05, 4.69) is 4.98 Å². The summed E-state index contributed by atoms with van der Waals surface area (Å²) in [5.74, 6) is -0.600. The second kappa shape index (κ2) is 8.66. The number of hydrogen-bond donors (Lipinski definition) is 0. The number of rotatable bonds is 6. The van der Waals surface area contributed by atoms with E-state index >= 15 is 0 Å². The first-order valence-corrected chi connectivity index (χ1v) is 12.4. The van der Waals surface area contributed by atoms with Crippen LogP contribution < -0.4 is 4.74 Å². The lowest BCUT2D eigenvalue weighted by Gasteiger charge is -2.20. The molecule has 8 nitrogen and oxygen atoms in total. The summed E-state index contributed by atoms with van der Waals surface area (Å²) in [5.41, 5.74) is 1.98. The van der Waals surface area contributed by atoms with Gasteiger partial charge < -0.3 is 4.74 Å². The maximum Gasteiger partial charge on any atom is 0.280 e. The van der Waals surface area contributed by atoms with Crippen molar-refractivity contribution in [1.29, 1.82) is 0 Å². The molecule has 34 heavy (non-hydrogen) atoms. The highest BCUT2D eigenvalue weighted by atomic mass is 32.2. The summed E-state index contributed by atoms with van der Waals surface area (Å²) in [7, 11) is -2.43. The first kappa shape index (κ1) is 22.2. The van der Waals surface area contributed by atoms with Gasteiger partial charge >= 0.3 is 0 Å². The molecule has 2 aromatic carbocycles. The molecule has 0 N–H and O–H groups in total. The molecule has 1 saturated heterocycles. The lowest BCUT2D eigenvalue weighted by Crippen LogP contribution is -2.30. The third-order valence-electron chi connectivity index (χ3n) is 6.34. The van der Waals surface area contributed by atoms with Gasteiger partial charge in [-0.1, -0.05) is 36.4 Å². The quantitative estimate of drug-likeness (QED) is 0.506. The van der Waals surface area contributed by atoms with Gasteiger partial charge in [0.25, 0.3) is 11.8 Å². The first-order valence-electron chi connectivity index (χ1n) is 10.9. The van der Waals surface area contributed by atoms with Crippen molar-refractivity contribution < 1.29 is 22.7 Å². The molecule has 0 radical (unpaired) electrons. The molecule has 5 rings (SSSR count). The Bertz CT molecular complexity index is 1340. The highest BCUT2D eigenvalue weighted by molar-refractivity contribution is 7.89. The molecule has 2 amide bonds. The fourth-order valence-corrected chi connectivity index (χ4v) is 6.25. The first-order chi connectivity index (χ1) is 16.4. The van der Waals surface area contributed by atoms with Crippen molar-refractivity contribution in [1.82, 2.24) is 14.2 Å². The van der Waals surface area contributed by atoms with Gasteiger partial charge in [0.2, 0.25) is 10.0 Å². The van der Waals surface area contributed by atoms with Crippen LogP contribution in [0.2, 0.25) is 0 Å². The van der Waals surface area contributed by atoms with Crippen LogP contribution in [0.15, 0.2) is 71.8 Å². The average molecular weight is 478 g/mol. The highest BCUT2D eigenvalue weighted by Crippen LogP contribution is 2.35. The second-order valence-electron chi connectivity index (χ2n) is 8.34. The van der Waals surface area contributed by atoms with Crippen molar-refractivity contribution in [3.63, 3.8) is 0 Å². The fourth-order valence-electron chi connectivity index (χ4n) is 4.54. The molecule has 1 unspecified atom stereocenters. The Morgan fingerprint density at radius 1 is 1.03 bits per heavy atom. The standard InChI is InChI=1S/C25H23N3O5S/c1-33-21-10-9-17(15-28-24(29)20-8-5-12-26-23(20)25(28)30)14-22(21)34(31,32)27-13-11-19(16-27)18-6-3-2-4-7-18/h2-10,12,14,19H,11,13,15-16H2,1H3. The Balaban J connectivity index is 1.42. The van der Waals surface area contributed by atoms with Gasteiger partial charge in [0.15, 0.2) is 0 Å². The second-order valence-corrected chi connectivity index (χ2v) is 10.2. The zero-order valence-corrected chi connectivity index (χ0v) is 19.4. The predicted molar refractivity (Wildman–Crippen MR) is 124 cm³/mol. The van der Waals surface area contributed by atoms with E-state index in [4.69, 9.17) is 4.74 Å². The Labute approximate surface area is 197 Å². The molecule has 0 saturated carbocycles. The number of nitrogens with zero attached hydrogens (tertiary/aromatic N) is 3. The molecule has 1 atom stereocenters. The summed E-state index contributed by atoms with van der Waals surface area (Å²) >= 11 is 0. The molecule has 2 aliphatic heterocycles. The van der Waals surface area contributed by atoms with Crippen LogP contribution in [0.1, 0.15) is 44.3 Å². The number of ether oxygens (including phenoxy) is 1. The maximum absolute atomic E-state index is 13.6. The zero-order valence-electron chi connectivity index (χ0n) is 18.5. The number of carbonyl (C=O) groups is 2. The van der Waals surface area contributed by atoms with E-state index in [9.17, 15) is 18.0 Å². The van der Waals surface area contributed by atoms with Crippen LogP contribution >= 0.6 is 0 Å². The topological polar surface area (TPSA) is 96.9 Å². The van der Waals surface area contributed by atoms with E-state index in [1.54, 1.807) is 24.3 Å². The van der Waals surface area contributed by atoms with Crippen LogP contribution in [0.3, 0.4) is 0 Å². The van der Waals surface area contributed by atoms with Gasteiger partial charge in [-0.15, -0.1) is 0 Å². The van der Waals surface area contributed by atoms with E-state index < -0.39 is 21.8 Å². The van der Waals surface area contributed by atoms with Crippen LogP contribution in [0.4, 0.5) is 0 Å². The summed E-state index contributed by atoms with van der Waals surface area (Å²) in [5, 5.41) is 0. The number of carbonyl (C=O) groups excluding carboxylic acids is 2. The maximum atomic E-state index is 13.6. The molecule has 1 aromatic heterocycles. The van der Waals surface area contributed by atoms with E-state index in [1.165, 1.54) is 23.7 Å². The van der Waals surface area contributed by atoms with Crippen LogP contribution in [0.25, 0.3) is 0 Å². The van der Waals surface area contributed by atoms with Gasteiger partial charge in [0.05, 0.1) is 19.2 Å². The van der Waals surface area contributed by atoms with Crippen molar-refractivity contribution >= 4 is 21.8 Å². The van der Waals surface area contributed by atoms with E-state index in [0.717, 1.165) is 16.9 Å². The molecule has 0 bridgehead atoms. The number of imide groups is 1. The number of amides is 2. The molecular formula is C25H23N3O5S. The third kappa shape index (κ3) is 3.76. The molecule has 174 valence electrons. The minimum atomic E-state index is -3.85. The molecule has 9 heteroatoms. The van der Waals surface area contributed by atoms with Crippen LogP contribution in [-0.4, -0.2) is 54.6 Å². The van der Waals surface area contributed by atoms with E-state index in [1.807, 2.05) is 30.3 Å². The third-order valence-corrected chi connectivity index (χ3v) is 8.23. The average Bonchev–Trinajstić information content (AvgIpc) is 3.46. The number of aromatic nitrogens is 1.